The van der Waals surface area contributed by atoms with Crippen LogP contribution in [0.25, 0.3) is 0 Å². The highest BCUT2D eigenvalue weighted by atomic mass is 35.5. The molecule has 0 fully saturated rings. The van der Waals surface area contributed by atoms with Crippen LogP contribution in [0, 0.1) is 5.82 Å². The van der Waals surface area contributed by atoms with Crippen LogP contribution < -0.4 is 4.74 Å². The Morgan fingerprint density at radius 2 is 1.72 bits per heavy atom. The largest absolute Gasteiger partial charge is 0.573 e. The average molecular weight is 398 g/mol. The number of halogens is 5. The second-order valence-corrected chi connectivity index (χ2v) is 7.48. The van der Waals surface area contributed by atoms with Gasteiger partial charge in [-0.3, -0.25) is 0 Å². The van der Waals surface area contributed by atoms with Crippen molar-refractivity contribution in [3.05, 3.63) is 58.9 Å². The van der Waals surface area contributed by atoms with E-state index in [4.69, 9.17) is 11.6 Å². The van der Waals surface area contributed by atoms with Gasteiger partial charge in [-0.05, 0) is 35.9 Å². The fourth-order valence-electron chi connectivity index (χ4n) is 1.99. The third-order valence-corrected chi connectivity index (χ3v) is 5.22. The Morgan fingerprint density at radius 1 is 1.12 bits per heavy atom. The SMILES string of the molecule is CN(Cc1ccc(OC(F)(F)F)cc1)S(=O)(=O)c1ccc(Cl)cc1F. The van der Waals surface area contributed by atoms with E-state index in [1.807, 2.05) is 0 Å². The Morgan fingerprint density at radius 3 is 2.24 bits per heavy atom. The summed E-state index contributed by atoms with van der Waals surface area (Å²) < 4.78 is 79.6. The molecular formula is C15H12ClF4NO3S. The number of hydrogen-bond donors (Lipinski definition) is 0. The number of alkyl halides is 3. The molecule has 0 aliphatic rings. The van der Waals surface area contributed by atoms with Crippen LogP contribution in [0.4, 0.5) is 17.6 Å². The fraction of sp³-hybridized carbons (Fsp3) is 0.200. The van der Waals surface area contributed by atoms with Crippen molar-refractivity contribution in [3.8, 4) is 5.75 Å². The Balaban J connectivity index is 2.16. The summed E-state index contributed by atoms with van der Waals surface area (Å²) in [7, 11) is -2.91. The third kappa shape index (κ3) is 5.07. The summed E-state index contributed by atoms with van der Waals surface area (Å²) in [6.07, 6.45) is -4.81. The molecule has 2 aromatic carbocycles. The molecule has 136 valence electrons. The van der Waals surface area contributed by atoms with Gasteiger partial charge in [0.2, 0.25) is 10.0 Å². The van der Waals surface area contributed by atoms with Crippen molar-refractivity contribution < 1.29 is 30.7 Å². The maximum atomic E-state index is 13.8. The lowest BCUT2D eigenvalue weighted by Gasteiger charge is -2.18. The molecular weight excluding hydrogens is 386 g/mol. The van der Waals surface area contributed by atoms with Crippen LogP contribution in [0.5, 0.6) is 5.75 Å². The van der Waals surface area contributed by atoms with E-state index < -0.39 is 32.8 Å². The van der Waals surface area contributed by atoms with Gasteiger partial charge in [-0.1, -0.05) is 23.7 Å². The number of rotatable bonds is 5. The van der Waals surface area contributed by atoms with Crippen molar-refractivity contribution in [1.29, 1.82) is 0 Å². The molecule has 0 unspecified atom stereocenters. The van der Waals surface area contributed by atoms with Gasteiger partial charge in [0, 0.05) is 18.6 Å². The molecule has 10 heteroatoms. The molecule has 0 N–H and O–H groups in total. The molecule has 0 bridgehead atoms. The quantitative estimate of drug-likeness (QED) is 0.710. The molecule has 0 amide bonds. The first-order valence-electron chi connectivity index (χ1n) is 6.75. The highest BCUT2D eigenvalue weighted by Crippen LogP contribution is 2.25. The van der Waals surface area contributed by atoms with E-state index in [2.05, 4.69) is 4.74 Å². The van der Waals surface area contributed by atoms with Crippen LogP contribution in [0.1, 0.15) is 5.56 Å². The molecule has 0 aliphatic heterocycles. The molecule has 4 nitrogen and oxygen atoms in total. The fourth-order valence-corrected chi connectivity index (χ4v) is 3.35. The van der Waals surface area contributed by atoms with Crippen LogP contribution in [0.2, 0.25) is 5.02 Å². The number of nitrogens with zero attached hydrogens (tertiary/aromatic N) is 1. The summed E-state index contributed by atoms with van der Waals surface area (Å²) in [5.74, 6) is -1.42. The Bertz CT molecular complexity index is 854. The van der Waals surface area contributed by atoms with Crippen LogP contribution in [0.3, 0.4) is 0 Å². The van der Waals surface area contributed by atoms with E-state index in [1.54, 1.807) is 0 Å². The maximum absolute atomic E-state index is 13.8. The normalized spacial score (nSPS) is 12.4. The van der Waals surface area contributed by atoms with Gasteiger partial charge >= 0.3 is 6.36 Å². The number of sulfonamides is 1. The molecule has 0 saturated heterocycles. The van der Waals surface area contributed by atoms with Crippen LogP contribution in [-0.4, -0.2) is 26.1 Å². The monoisotopic (exact) mass is 397 g/mol. The van der Waals surface area contributed by atoms with Gasteiger partial charge in [0.15, 0.2) is 0 Å². The van der Waals surface area contributed by atoms with Crippen LogP contribution in [0.15, 0.2) is 47.4 Å². The lowest BCUT2D eigenvalue weighted by molar-refractivity contribution is -0.274. The molecule has 0 spiro atoms. The minimum atomic E-state index is -4.81. The molecule has 0 atom stereocenters. The van der Waals surface area contributed by atoms with Crippen molar-refractivity contribution in [3.63, 3.8) is 0 Å². The van der Waals surface area contributed by atoms with Crippen LogP contribution >= 0.6 is 11.6 Å². The van der Waals surface area contributed by atoms with Crippen LogP contribution in [-0.2, 0) is 16.6 Å². The predicted octanol–water partition coefficient (Wildman–Crippen LogP) is 4.20. The van der Waals surface area contributed by atoms with Crippen molar-refractivity contribution in [2.45, 2.75) is 17.8 Å². The highest BCUT2D eigenvalue weighted by molar-refractivity contribution is 7.89. The zero-order valence-electron chi connectivity index (χ0n) is 12.7. The summed E-state index contributed by atoms with van der Waals surface area (Å²) in [4.78, 5) is -0.545. The molecule has 0 radical (unpaired) electrons. The molecule has 2 aromatic rings. The summed E-state index contributed by atoms with van der Waals surface area (Å²) in [6.45, 7) is -0.170. The van der Waals surface area contributed by atoms with Gasteiger partial charge in [0.25, 0.3) is 0 Å². The van der Waals surface area contributed by atoms with Gasteiger partial charge in [-0.2, -0.15) is 4.31 Å². The summed E-state index contributed by atoms with van der Waals surface area (Å²) in [5, 5.41) is 0.0550. The van der Waals surface area contributed by atoms with Crippen molar-refractivity contribution >= 4 is 21.6 Å². The lowest BCUT2D eigenvalue weighted by Crippen LogP contribution is -2.27. The smallest absolute Gasteiger partial charge is 0.406 e. The van der Waals surface area contributed by atoms with E-state index in [1.165, 1.54) is 25.2 Å². The predicted molar refractivity (Wildman–Crippen MR) is 83.2 cm³/mol. The van der Waals surface area contributed by atoms with E-state index in [-0.39, 0.29) is 11.6 Å². The number of benzene rings is 2. The summed E-state index contributed by atoms with van der Waals surface area (Å²) in [5.41, 5.74) is 0.398. The zero-order valence-corrected chi connectivity index (χ0v) is 14.3. The number of ether oxygens (including phenoxy) is 1. The molecule has 0 aliphatic carbocycles. The first kappa shape index (κ1) is 19.5. The maximum Gasteiger partial charge on any atom is 0.573 e. The third-order valence-electron chi connectivity index (χ3n) is 3.14. The van der Waals surface area contributed by atoms with Crippen molar-refractivity contribution in [1.82, 2.24) is 4.31 Å². The van der Waals surface area contributed by atoms with Gasteiger partial charge < -0.3 is 4.74 Å². The topological polar surface area (TPSA) is 46.6 Å². The Hall–Kier alpha value is -1.84. The lowest BCUT2D eigenvalue weighted by atomic mass is 10.2. The first-order valence-corrected chi connectivity index (χ1v) is 8.57. The average Bonchev–Trinajstić information content (AvgIpc) is 2.47. The van der Waals surface area contributed by atoms with Gasteiger partial charge in [-0.25, -0.2) is 12.8 Å². The van der Waals surface area contributed by atoms with Gasteiger partial charge in [0.05, 0.1) is 0 Å². The molecule has 0 heterocycles. The van der Waals surface area contributed by atoms with Gasteiger partial charge in [-0.15, -0.1) is 13.2 Å². The number of hydrogen-bond acceptors (Lipinski definition) is 3. The van der Waals surface area contributed by atoms with E-state index in [9.17, 15) is 26.0 Å². The van der Waals surface area contributed by atoms with Crippen molar-refractivity contribution in [2.24, 2.45) is 0 Å². The zero-order chi connectivity index (χ0) is 18.8. The van der Waals surface area contributed by atoms with Crippen molar-refractivity contribution in [2.75, 3.05) is 7.05 Å². The second-order valence-electron chi connectivity index (χ2n) is 5.03. The van der Waals surface area contributed by atoms with Gasteiger partial charge in [0.1, 0.15) is 16.5 Å². The minimum Gasteiger partial charge on any atom is -0.406 e. The summed E-state index contributed by atoms with van der Waals surface area (Å²) in [6, 6.07) is 7.86. The molecule has 2 rings (SSSR count). The standard InChI is InChI=1S/C15H12ClF4NO3S/c1-21(25(22,23)14-7-4-11(16)8-13(14)17)9-10-2-5-12(6-3-10)24-15(18,19)20/h2-8H,9H2,1H3. The Kier molecular flexibility index (Phi) is 5.60. The Labute approximate surface area is 146 Å². The molecule has 25 heavy (non-hydrogen) atoms. The molecule has 0 saturated carbocycles. The van der Waals surface area contributed by atoms with E-state index in [0.717, 1.165) is 28.6 Å². The van der Waals surface area contributed by atoms with E-state index >= 15 is 0 Å². The van der Waals surface area contributed by atoms with E-state index in [0.29, 0.717) is 5.56 Å². The minimum absolute atomic E-state index is 0.0550. The first-order chi connectivity index (χ1) is 11.5. The molecule has 0 aromatic heterocycles. The second kappa shape index (κ2) is 7.19. The summed E-state index contributed by atoms with van der Waals surface area (Å²) >= 11 is 5.60. The highest BCUT2D eigenvalue weighted by Gasteiger charge is 2.31.